The fraction of sp³-hybridized carbons (Fsp3) is 0.625. The second kappa shape index (κ2) is 6.69. The maximum atomic E-state index is 12.8. The Hall–Kier alpha value is -1.23. The van der Waals surface area contributed by atoms with Gasteiger partial charge in [-0.25, -0.2) is 0 Å². The first-order valence-corrected chi connectivity index (χ1v) is 7.54. The highest BCUT2D eigenvalue weighted by molar-refractivity contribution is 5.53. The van der Waals surface area contributed by atoms with Gasteiger partial charge in [-0.3, -0.25) is 0 Å². The summed E-state index contributed by atoms with van der Waals surface area (Å²) in [7, 11) is 0. The minimum atomic E-state index is -4.29. The predicted molar refractivity (Wildman–Crippen MR) is 79.5 cm³/mol. The molecule has 21 heavy (non-hydrogen) atoms. The van der Waals surface area contributed by atoms with E-state index in [0.717, 1.165) is 31.0 Å². The number of aryl methyl sites for hydroxylation is 1. The van der Waals surface area contributed by atoms with Crippen molar-refractivity contribution in [3.63, 3.8) is 0 Å². The average molecular weight is 300 g/mol. The van der Waals surface area contributed by atoms with E-state index in [0.29, 0.717) is 11.7 Å². The first-order chi connectivity index (χ1) is 9.86. The Morgan fingerprint density at radius 2 is 2.10 bits per heavy atom. The van der Waals surface area contributed by atoms with Crippen LogP contribution in [-0.4, -0.2) is 18.6 Å². The lowest BCUT2D eigenvalue weighted by atomic mass is 9.98. The lowest BCUT2D eigenvalue weighted by Gasteiger charge is -2.27. The Bertz CT molecular complexity index is 465. The lowest BCUT2D eigenvalue weighted by molar-refractivity contribution is -0.137. The van der Waals surface area contributed by atoms with Gasteiger partial charge in [0.25, 0.3) is 0 Å². The van der Waals surface area contributed by atoms with E-state index in [1.807, 2.05) is 13.8 Å². The second-order valence-corrected chi connectivity index (χ2v) is 5.96. The molecule has 1 aromatic rings. The van der Waals surface area contributed by atoms with Crippen molar-refractivity contribution in [3.8, 4) is 0 Å². The molecule has 2 unspecified atom stereocenters. The van der Waals surface area contributed by atoms with Gasteiger partial charge in [-0.2, -0.15) is 13.2 Å². The van der Waals surface area contributed by atoms with Gasteiger partial charge in [-0.05, 0) is 57.4 Å². The molecule has 0 aliphatic carbocycles. The molecule has 1 heterocycles. The molecule has 0 bridgehead atoms. The van der Waals surface area contributed by atoms with E-state index in [-0.39, 0.29) is 6.04 Å². The quantitative estimate of drug-likeness (QED) is 0.864. The molecule has 118 valence electrons. The summed E-state index contributed by atoms with van der Waals surface area (Å²) in [5.41, 5.74) is 0.818. The van der Waals surface area contributed by atoms with E-state index in [4.69, 9.17) is 0 Å². The maximum absolute atomic E-state index is 12.8. The third kappa shape index (κ3) is 4.63. The number of rotatable bonds is 4. The van der Waals surface area contributed by atoms with Crippen LogP contribution in [-0.2, 0) is 6.18 Å². The Morgan fingerprint density at radius 1 is 1.33 bits per heavy atom. The summed E-state index contributed by atoms with van der Waals surface area (Å²) in [6.07, 6.45) is 0.222. The third-order valence-corrected chi connectivity index (χ3v) is 4.02. The van der Waals surface area contributed by atoms with Crippen molar-refractivity contribution >= 4 is 5.69 Å². The molecule has 0 radical (unpaired) electrons. The van der Waals surface area contributed by atoms with Crippen molar-refractivity contribution in [1.29, 1.82) is 0 Å². The van der Waals surface area contributed by atoms with E-state index in [1.165, 1.54) is 25.0 Å². The Balaban J connectivity index is 2.00. The van der Waals surface area contributed by atoms with E-state index >= 15 is 0 Å². The van der Waals surface area contributed by atoms with Gasteiger partial charge in [0.2, 0.25) is 0 Å². The van der Waals surface area contributed by atoms with Crippen LogP contribution >= 0.6 is 0 Å². The summed E-state index contributed by atoms with van der Waals surface area (Å²) in [5.74, 6) is 0. The van der Waals surface area contributed by atoms with Crippen LogP contribution in [0.4, 0.5) is 18.9 Å². The molecule has 0 amide bonds. The van der Waals surface area contributed by atoms with Crippen LogP contribution < -0.4 is 10.6 Å². The molecule has 0 aromatic heterocycles. The molecule has 2 nitrogen and oxygen atoms in total. The third-order valence-electron chi connectivity index (χ3n) is 4.02. The molecule has 1 aliphatic heterocycles. The van der Waals surface area contributed by atoms with Gasteiger partial charge in [-0.15, -0.1) is 0 Å². The zero-order valence-corrected chi connectivity index (χ0v) is 12.6. The summed E-state index contributed by atoms with van der Waals surface area (Å²) in [4.78, 5) is 0. The number of anilines is 1. The van der Waals surface area contributed by atoms with Crippen molar-refractivity contribution in [1.82, 2.24) is 5.32 Å². The van der Waals surface area contributed by atoms with Crippen molar-refractivity contribution in [3.05, 3.63) is 29.3 Å². The zero-order chi connectivity index (χ0) is 15.5. The molecular formula is C16H23F3N2. The van der Waals surface area contributed by atoms with Crippen molar-refractivity contribution in [2.45, 2.75) is 57.8 Å². The molecule has 0 saturated carbocycles. The second-order valence-electron chi connectivity index (χ2n) is 5.96. The van der Waals surface area contributed by atoms with E-state index < -0.39 is 11.7 Å². The smallest absolute Gasteiger partial charge is 0.382 e. The highest BCUT2D eigenvalue weighted by Crippen LogP contribution is 2.32. The number of nitrogens with one attached hydrogen (secondary N) is 2. The van der Waals surface area contributed by atoms with Crippen LogP contribution in [0, 0.1) is 6.92 Å². The van der Waals surface area contributed by atoms with Crippen molar-refractivity contribution < 1.29 is 13.2 Å². The van der Waals surface area contributed by atoms with Gasteiger partial charge in [0, 0.05) is 17.8 Å². The monoisotopic (exact) mass is 300 g/mol. The Morgan fingerprint density at radius 3 is 2.71 bits per heavy atom. The number of piperidine rings is 1. The average Bonchev–Trinajstić information content (AvgIpc) is 2.41. The van der Waals surface area contributed by atoms with Crippen LogP contribution in [0.1, 0.15) is 43.7 Å². The predicted octanol–water partition coefficient (Wildman–Crippen LogP) is 4.35. The van der Waals surface area contributed by atoms with E-state index in [1.54, 1.807) is 0 Å². The number of hydrogen-bond donors (Lipinski definition) is 2. The minimum absolute atomic E-state index is 0.141. The summed E-state index contributed by atoms with van der Waals surface area (Å²) in [5, 5.41) is 6.70. The highest BCUT2D eigenvalue weighted by Gasteiger charge is 2.31. The molecule has 1 aromatic carbocycles. The van der Waals surface area contributed by atoms with Crippen LogP contribution in [0.25, 0.3) is 0 Å². The van der Waals surface area contributed by atoms with E-state index in [2.05, 4.69) is 10.6 Å². The van der Waals surface area contributed by atoms with Gasteiger partial charge in [-0.1, -0.05) is 12.5 Å². The fourth-order valence-corrected chi connectivity index (χ4v) is 2.83. The molecule has 5 heteroatoms. The zero-order valence-electron chi connectivity index (χ0n) is 12.6. The molecule has 2 rings (SSSR count). The largest absolute Gasteiger partial charge is 0.416 e. The topological polar surface area (TPSA) is 24.1 Å². The van der Waals surface area contributed by atoms with Gasteiger partial charge in [0.1, 0.15) is 0 Å². The van der Waals surface area contributed by atoms with E-state index in [9.17, 15) is 13.2 Å². The summed E-state index contributed by atoms with van der Waals surface area (Å²) in [6.45, 7) is 4.89. The first-order valence-electron chi connectivity index (χ1n) is 7.54. The molecule has 1 saturated heterocycles. The molecule has 1 fully saturated rings. The van der Waals surface area contributed by atoms with Gasteiger partial charge in [0.05, 0.1) is 5.56 Å². The van der Waals surface area contributed by atoms with Crippen LogP contribution in [0.3, 0.4) is 0 Å². The number of hydrogen-bond acceptors (Lipinski definition) is 2. The fourth-order valence-electron chi connectivity index (χ4n) is 2.83. The standard InChI is InChI=1S/C16H23F3N2/c1-11-6-7-13(16(17,18)19)10-15(11)21-12(2)9-14-5-3-4-8-20-14/h6-7,10,12,14,20-21H,3-5,8-9H2,1-2H3. The van der Waals surface area contributed by atoms with Crippen LogP contribution in [0.5, 0.6) is 0 Å². The van der Waals surface area contributed by atoms with Gasteiger partial charge >= 0.3 is 6.18 Å². The molecule has 1 aliphatic rings. The number of alkyl halides is 3. The highest BCUT2D eigenvalue weighted by atomic mass is 19.4. The summed E-state index contributed by atoms with van der Waals surface area (Å²) in [6, 6.07) is 4.47. The SMILES string of the molecule is Cc1ccc(C(F)(F)F)cc1NC(C)CC1CCCCN1. The minimum Gasteiger partial charge on any atom is -0.382 e. The lowest BCUT2D eigenvalue weighted by Crippen LogP contribution is -2.37. The first kappa shape index (κ1) is 16.1. The van der Waals surface area contributed by atoms with Crippen LogP contribution in [0.2, 0.25) is 0 Å². The Kier molecular flexibility index (Phi) is 5.14. The Labute approximate surface area is 124 Å². The molecule has 2 N–H and O–H groups in total. The molecular weight excluding hydrogens is 277 g/mol. The normalized spacial score (nSPS) is 21.1. The van der Waals surface area contributed by atoms with Crippen molar-refractivity contribution in [2.24, 2.45) is 0 Å². The number of halogens is 3. The molecule has 2 atom stereocenters. The number of benzene rings is 1. The van der Waals surface area contributed by atoms with Gasteiger partial charge in [0.15, 0.2) is 0 Å². The summed E-state index contributed by atoms with van der Waals surface area (Å²) < 4.78 is 38.3. The maximum Gasteiger partial charge on any atom is 0.416 e. The molecule has 0 spiro atoms. The summed E-state index contributed by atoms with van der Waals surface area (Å²) >= 11 is 0. The van der Waals surface area contributed by atoms with Crippen LogP contribution in [0.15, 0.2) is 18.2 Å². The van der Waals surface area contributed by atoms with Gasteiger partial charge < -0.3 is 10.6 Å². The van der Waals surface area contributed by atoms with Crippen molar-refractivity contribution in [2.75, 3.05) is 11.9 Å².